The lowest BCUT2D eigenvalue weighted by molar-refractivity contribution is 0.0988. The summed E-state index contributed by atoms with van der Waals surface area (Å²) in [4.78, 5) is 16.9. The van der Waals surface area contributed by atoms with Gasteiger partial charge in [0.15, 0.2) is 5.78 Å². The number of halogens is 2. The highest BCUT2D eigenvalue weighted by Gasteiger charge is 2.23. The predicted molar refractivity (Wildman–Crippen MR) is 97.9 cm³/mol. The molecule has 0 fully saturated rings. The van der Waals surface area contributed by atoms with E-state index in [-0.39, 0.29) is 5.78 Å². The number of hydrogen-bond donors (Lipinski definition) is 1. The average molecular weight is 362 g/mol. The Bertz CT molecular complexity index is 904. The first-order valence-corrected chi connectivity index (χ1v) is 8.34. The van der Waals surface area contributed by atoms with E-state index in [9.17, 15) is 4.79 Å². The number of ketones is 1. The van der Waals surface area contributed by atoms with Crippen molar-refractivity contribution < 1.29 is 4.79 Å². The third kappa shape index (κ3) is 3.05. The Hall–Kier alpha value is -1.88. The van der Waals surface area contributed by atoms with Crippen LogP contribution in [0.1, 0.15) is 26.9 Å². The SMILES string of the molecule is CNCc1ccc(C(=O)C(Cl)c2cncc(Cl)c2)c2ccn(C)c12. The van der Waals surface area contributed by atoms with E-state index in [4.69, 9.17) is 23.2 Å². The van der Waals surface area contributed by atoms with Crippen molar-refractivity contribution in [3.05, 3.63) is 64.6 Å². The molecule has 0 aliphatic carbocycles. The monoisotopic (exact) mass is 361 g/mol. The zero-order valence-corrected chi connectivity index (χ0v) is 14.9. The highest BCUT2D eigenvalue weighted by atomic mass is 35.5. The maximum atomic E-state index is 12.9. The van der Waals surface area contributed by atoms with Gasteiger partial charge in [0.25, 0.3) is 0 Å². The molecule has 24 heavy (non-hydrogen) atoms. The molecule has 3 aromatic rings. The number of nitrogens with zero attached hydrogens (tertiary/aromatic N) is 2. The summed E-state index contributed by atoms with van der Waals surface area (Å²) < 4.78 is 2.02. The minimum Gasteiger partial charge on any atom is -0.350 e. The molecule has 1 aromatic carbocycles. The van der Waals surface area contributed by atoms with Crippen LogP contribution in [0, 0.1) is 0 Å². The number of carbonyl (C=O) groups excluding carboxylic acids is 1. The van der Waals surface area contributed by atoms with Gasteiger partial charge in [-0.2, -0.15) is 0 Å². The van der Waals surface area contributed by atoms with Crippen LogP contribution in [0.15, 0.2) is 42.9 Å². The maximum absolute atomic E-state index is 12.9. The standard InChI is InChI=1S/C18H17Cl2N3O/c1-21-8-11-3-4-15(14-5-6-23(2)17(11)14)18(24)16(20)12-7-13(19)10-22-9-12/h3-7,9-10,16,21H,8H2,1-2H3. The number of Topliss-reactive ketones (excluding diaryl/α,β-unsaturated/α-hetero) is 1. The molecule has 0 spiro atoms. The van der Waals surface area contributed by atoms with Gasteiger partial charge >= 0.3 is 0 Å². The van der Waals surface area contributed by atoms with Gasteiger partial charge in [-0.05, 0) is 30.3 Å². The normalized spacial score (nSPS) is 12.5. The van der Waals surface area contributed by atoms with Gasteiger partial charge in [0, 0.05) is 43.1 Å². The van der Waals surface area contributed by atoms with Crippen molar-refractivity contribution in [2.45, 2.75) is 11.9 Å². The summed E-state index contributed by atoms with van der Waals surface area (Å²) in [5.41, 5.74) is 3.36. The third-order valence-electron chi connectivity index (χ3n) is 4.00. The molecule has 3 rings (SSSR count). The molecule has 6 heteroatoms. The topological polar surface area (TPSA) is 46.9 Å². The van der Waals surface area contributed by atoms with Crippen LogP contribution in [-0.4, -0.2) is 22.4 Å². The molecule has 0 aliphatic heterocycles. The van der Waals surface area contributed by atoms with Crippen LogP contribution in [0.3, 0.4) is 0 Å². The molecule has 0 amide bonds. The third-order valence-corrected chi connectivity index (χ3v) is 4.66. The second kappa shape index (κ2) is 6.93. The molecule has 2 heterocycles. The predicted octanol–water partition coefficient (Wildman–Crippen LogP) is 4.11. The molecule has 1 N–H and O–H groups in total. The number of rotatable bonds is 5. The van der Waals surface area contributed by atoms with Crippen LogP contribution >= 0.6 is 23.2 Å². The number of pyridine rings is 1. The molecule has 124 valence electrons. The van der Waals surface area contributed by atoms with E-state index in [1.54, 1.807) is 12.3 Å². The summed E-state index contributed by atoms with van der Waals surface area (Å²) in [6, 6.07) is 7.42. The fraction of sp³-hybridized carbons (Fsp3) is 0.222. The van der Waals surface area contributed by atoms with E-state index in [1.807, 2.05) is 43.1 Å². The smallest absolute Gasteiger partial charge is 0.185 e. The molecule has 2 aromatic heterocycles. The van der Waals surface area contributed by atoms with E-state index in [2.05, 4.69) is 10.3 Å². The van der Waals surface area contributed by atoms with E-state index in [1.165, 1.54) is 6.20 Å². The van der Waals surface area contributed by atoms with Crippen LogP contribution in [0.25, 0.3) is 10.9 Å². The first-order chi connectivity index (χ1) is 11.5. The Morgan fingerprint density at radius 2 is 2.12 bits per heavy atom. The Kier molecular flexibility index (Phi) is 4.90. The largest absolute Gasteiger partial charge is 0.350 e. The van der Waals surface area contributed by atoms with Crippen molar-refractivity contribution in [3.63, 3.8) is 0 Å². The van der Waals surface area contributed by atoms with Gasteiger partial charge < -0.3 is 9.88 Å². The number of hydrogen-bond acceptors (Lipinski definition) is 3. The summed E-state index contributed by atoms with van der Waals surface area (Å²) in [6.45, 7) is 0.728. The summed E-state index contributed by atoms with van der Waals surface area (Å²) in [5, 5.41) is 3.68. The first kappa shape index (κ1) is 17.0. The lowest BCUT2D eigenvalue weighted by atomic mass is 9.98. The first-order valence-electron chi connectivity index (χ1n) is 7.53. The maximum Gasteiger partial charge on any atom is 0.185 e. The van der Waals surface area contributed by atoms with Crippen molar-refractivity contribution in [1.82, 2.24) is 14.9 Å². The fourth-order valence-corrected chi connectivity index (χ4v) is 3.32. The van der Waals surface area contributed by atoms with Crippen molar-refractivity contribution in [2.75, 3.05) is 7.05 Å². The molecular formula is C18H17Cl2N3O. The van der Waals surface area contributed by atoms with E-state index in [0.717, 1.165) is 23.0 Å². The van der Waals surface area contributed by atoms with Gasteiger partial charge in [0.1, 0.15) is 5.38 Å². The molecule has 0 bridgehead atoms. The average Bonchev–Trinajstić information content (AvgIpc) is 2.96. The van der Waals surface area contributed by atoms with E-state index < -0.39 is 5.38 Å². The summed E-state index contributed by atoms with van der Waals surface area (Å²) in [5.74, 6) is -0.159. The van der Waals surface area contributed by atoms with Gasteiger partial charge in [0.05, 0.1) is 10.5 Å². The molecular weight excluding hydrogens is 345 g/mol. The van der Waals surface area contributed by atoms with Gasteiger partial charge in [-0.15, -0.1) is 11.6 Å². The molecule has 0 aliphatic rings. The van der Waals surface area contributed by atoms with E-state index >= 15 is 0 Å². The van der Waals surface area contributed by atoms with Gasteiger partial charge in [0.2, 0.25) is 0 Å². The Labute approximate surface area is 150 Å². The zero-order chi connectivity index (χ0) is 17.3. The molecule has 0 radical (unpaired) electrons. The Balaban J connectivity index is 2.06. The van der Waals surface area contributed by atoms with Crippen molar-refractivity contribution in [1.29, 1.82) is 0 Å². The highest BCUT2D eigenvalue weighted by Crippen LogP contribution is 2.31. The number of alkyl halides is 1. The van der Waals surface area contributed by atoms with Crippen molar-refractivity contribution in [3.8, 4) is 0 Å². The van der Waals surface area contributed by atoms with Gasteiger partial charge in [-0.3, -0.25) is 9.78 Å². The summed E-state index contributed by atoms with van der Waals surface area (Å²) in [7, 11) is 3.86. The number of carbonyl (C=O) groups is 1. The molecule has 1 unspecified atom stereocenters. The van der Waals surface area contributed by atoms with Crippen molar-refractivity contribution in [2.24, 2.45) is 7.05 Å². The van der Waals surface area contributed by atoms with Gasteiger partial charge in [-0.25, -0.2) is 0 Å². The summed E-state index contributed by atoms with van der Waals surface area (Å²) >= 11 is 12.4. The second-order valence-electron chi connectivity index (χ2n) is 5.65. The quantitative estimate of drug-likeness (QED) is 0.549. The van der Waals surface area contributed by atoms with Crippen LogP contribution in [-0.2, 0) is 13.6 Å². The second-order valence-corrected chi connectivity index (χ2v) is 6.53. The Morgan fingerprint density at radius 3 is 2.83 bits per heavy atom. The molecule has 1 atom stereocenters. The minimum atomic E-state index is -0.824. The molecule has 4 nitrogen and oxygen atoms in total. The zero-order valence-electron chi connectivity index (χ0n) is 13.4. The number of nitrogens with one attached hydrogen (secondary N) is 1. The van der Waals surface area contributed by atoms with Crippen LogP contribution in [0.4, 0.5) is 0 Å². The van der Waals surface area contributed by atoms with Crippen molar-refractivity contribution >= 4 is 39.9 Å². The van der Waals surface area contributed by atoms with Gasteiger partial charge in [-0.1, -0.05) is 23.7 Å². The number of aryl methyl sites for hydroxylation is 1. The number of fused-ring (bicyclic) bond motifs is 1. The lowest BCUT2D eigenvalue weighted by Gasteiger charge is -2.12. The molecule has 0 saturated heterocycles. The summed E-state index contributed by atoms with van der Waals surface area (Å²) in [6.07, 6.45) is 5.03. The minimum absolute atomic E-state index is 0.159. The van der Waals surface area contributed by atoms with Crippen LogP contribution < -0.4 is 5.32 Å². The lowest BCUT2D eigenvalue weighted by Crippen LogP contribution is -2.11. The Morgan fingerprint density at radius 1 is 1.33 bits per heavy atom. The number of aromatic nitrogens is 2. The highest BCUT2D eigenvalue weighted by molar-refractivity contribution is 6.35. The fourth-order valence-electron chi connectivity index (χ4n) is 2.90. The van der Waals surface area contributed by atoms with Crippen LogP contribution in [0.5, 0.6) is 0 Å². The number of benzene rings is 1. The molecule has 0 saturated carbocycles. The van der Waals surface area contributed by atoms with E-state index in [0.29, 0.717) is 16.1 Å². The van der Waals surface area contributed by atoms with Crippen LogP contribution in [0.2, 0.25) is 5.02 Å².